The van der Waals surface area contributed by atoms with Crippen LogP contribution < -0.4 is 21.7 Å². The van der Waals surface area contributed by atoms with Crippen molar-refractivity contribution in [2.75, 3.05) is 22.5 Å². The van der Waals surface area contributed by atoms with Gasteiger partial charge in [-0.15, -0.1) is 0 Å². The number of amides is 3. The molecule has 5 N–H and O–H groups in total. The summed E-state index contributed by atoms with van der Waals surface area (Å²) in [6.07, 6.45) is 0. The first-order valence-corrected chi connectivity index (χ1v) is 7.30. The first kappa shape index (κ1) is 16.8. The molecule has 0 heterocycles. The molecule has 0 aliphatic heterocycles. The fourth-order valence-electron chi connectivity index (χ4n) is 1.91. The van der Waals surface area contributed by atoms with E-state index in [0.29, 0.717) is 22.1 Å². The van der Waals surface area contributed by atoms with Crippen LogP contribution >= 0.6 is 11.6 Å². The number of hydrogen-bond acceptors (Lipinski definition) is 3. The van der Waals surface area contributed by atoms with Crippen molar-refractivity contribution in [3.63, 3.8) is 0 Å². The number of halogens is 1. The van der Waals surface area contributed by atoms with E-state index in [2.05, 4.69) is 16.0 Å². The molecule has 0 unspecified atom stereocenters. The van der Waals surface area contributed by atoms with Gasteiger partial charge in [-0.3, -0.25) is 4.79 Å². The molecule has 0 radical (unpaired) electrons. The van der Waals surface area contributed by atoms with E-state index in [0.717, 1.165) is 5.56 Å². The van der Waals surface area contributed by atoms with Crippen LogP contribution in [0.25, 0.3) is 0 Å². The van der Waals surface area contributed by atoms with Crippen molar-refractivity contribution in [3.05, 3.63) is 53.1 Å². The van der Waals surface area contributed by atoms with Crippen molar-refractivity contribution < 1.29 is 9.59 Å². The van der Waals surface area contributed by atoms with Gasteiger partial charge in [-0.1, -0.05) is 11.6 Å². The number of rotatable bonds is 4. The number of nitrogens with one attached hydrogen (secondary N) is 3. The lowest BCUT2D eigenvalue weighted by molar-refractivity contribution is -0.114. The van der Waals surface area contributed by atoms with Crippen LogP contribution in [-0.2, 0) is 4.79 Å². The zero-order chi connectivity index (χ0) is 16.8. The summed E-state index contributed by atoms with van der Waals surface area (Å²) in [5.74, 6) is -0.273. The SMILES string of the molecule is Cc1cc(NC(=O)CN)ccc1NC(=O)Nc1ccc(Cl)cc1. The molecule has 23 heavy (non-hydrogen) atoms. The molecule has 2 aromatic carbocycles. The Morgan fingerprint density at radius 1 is 1.00 bits per heavy atom. The molecule has 6 nitrogen and oxygen atoms in total. The zero-order valence-electron chi connectivity index (χ0n) is 12.5. The van der Waals surface area contributed by atoms with Gasteiger partial charge in [0.1, 0.15) is 0 Å². The number of aryl methyl sites for hydroxylation is 1. The molecule has 0 bridgehead atoms. The Morgan fingerprint density at radius 2 is 1.65 bits per heavy atom. The lowest BCUT2D eigenvalue weighted by Gasteiger charge is -2.12. The molecule has 0 aromatic heterocycles. The fourth-order valence-corrected chi connectivity index (χ4v) is 2.04. The molecular weight excluding hydrogens is 316 g/mol. The Bertz CT molecular complexity index is 717. The van der Waals surface area contributed by atoms with Crippen molar-refractivity contribution in [3.8, 4) is 0 Å². The molecule has 0 spiro atoms. The highest BCUT2D eigenvalue weighted by atomic mass is 35.5. The predicted octanol–water partition coefficient (Wildman–Crippen LogP) is 3.19. The molecule has 0 aliphatic carbocycles. The highest BCUT2D eigenvalue weighted by molar-refractivity contribution is 6.30. The van der Waals surface area contributed by atoms with Gasteiger partial charge < -0.3 is 21.7 Å². The number of urea groups is 1. The van der Waals surface area contributed by atoms with Gasteiger partial charge in [-0.2, -0.15) is 0 Å². The van der Waals surface area contributed by atoms with Crippen LogP contribution in [0.1, 0.15) is 5.56 Å². The predicted molar refractivity (Wildman–Crippen MR) is 93.0 cm³/mol. The second kappa shape index (κ2) is 7.62. The van der Waals surface area contributed by atoms with Crippen LogP contribution in [0.5, 0.6) is 0 Å². The minimum atomic E-state index is -0.367. The van der Waals surface area contributed by atoms with Gasteiger partial charge >= 0.3 is 6.03 Å². The monoisotopic (exact) mass is 332 g/mol. The van der Waals surface area contributed by atoms with E-state index >= 15 is 0 Å². The summed E-state index contributed by atoms with van der Waals surface area (Å²) in [5.41, 5.74) is 7.96. The van der Waals surface area contributed by atoms with E-state index in [1.165, 1.54) is 0 Å². The maximum Gasteiger partial charge on any atom is 0.323 e. The standard InChI is InChI=1S/C16H17ClN4O2/c1-10-8-13(19-15(22)9-18)6-7-14(10)21-16(23)20-12-4-2-11(17)3-5-12/h2-8H,9,18H2,1H3,(H,19,22)(H2,20,21,23). The van der Waals surface area contributed by atoms with Crippen molar-refractivity contribution in [1.29, 1.82) is 0 Å². The summed E-state index contributed by atoms with van der Waals surface area (Å²) in [6, 6.07) is 11.6. The van der Waals surface area contributed by atoms with Gasteiger partial charge in [0.2, 0.25) is 5.91 Å². The summed E-state index contributed by atoms with van der Waals surface area (Å²) < 4.78 is 0. The third-order valence-corrected chi connectivity index (χ3v) is 3.30. The van der Waals surface area contributed by atoms with Crippen LogP contribution in [0.2, 0.25) is 5.02 Å². The highest BCUT2D eigenvalue weighted by Crippen LogP contribution is 2.20. The maximum atomic E-state index is 12.0. The average molecular weight is 333 g/mol. The van der Waals surface area contributed by atoms with E-state index in [-0.39, 0.29) is 18.5 Å². The van der Waals surface area contributed by atoms with E-state index in [1.54, 1.807) is 42.5 Å². The van der Waals surface area contributed by atoms with Gasteiger partial charge in [0, 0.05) is 22.1 Å². The third kappa shape index (κ3) is 4.98. The molecule has 0 saturated carbocycles. The Balaban J connectivity index is 2.00. The zero-order valence-corrected chi connectivity index (χ0v) is 13.3. The summed E-state index contributed by atoms with van der Waals surface area (Å²) >= 11 is 5.79. The Labute approximate surface area is 139 Å². The molecule has 7 heteroatoms. The van der Waals surface area contributed by atoms with Gasteiger partial charge in [0.25, 0.3) is 0 Å². The molecule has 2 rings (SSSR count). The largest absolute Gasteiger partial charge is 0.325 e. The Hall–Kier alpha value is -2.57. The van der Waals surface area contributed by atoms with Crippen molar-refractivity contribution >= 4 is 40.6 Å². The normalized spacial score (nSPS) is 10.0. The molecule has 3 amide bonds. The first-order chi connectivity index (χ1) is 11.0. The van der Waals surface area contributed by atoms with Gasteiger partial charge in [0.15, 0.2) is 0 Å². The van der Waals surface area contributed by atoms with Gasteiger partial charge in [-0.25, -0.2) is 4.79 Å². The smallest absolute Gasteiger partial charge is 0.323 e. The van der Waals surface area contributed by atoms with E-state index < -0.39 is 0 Å². The van der Waals surface area contributed by atoms with Crippen molar-refractivity contribution in [2.45, 2.75) is 6.92 Å². The van der Waals surface area contributed by atoms with Gasteiger partial charge in [0.05, 0.1) is 6.54 Å². The fraction of sp³-hybridized carbons (Fsp3) is 0.125. The Kier molecular flexibility index (Phi) is 5.56. The van der Waals surface area contributed by atoms with Crippen LogP contribution in [0.3, 0.4) is 0 Å². The number of hydrogen-bond donors (Lipinski definition) is 4. The number of benzene rings is 2. The quantitative estimate of drug-likeness (QED) is 0.692. The third-order valence-electron chi connectivity index (χ3n) is 3.05. The Morgan fingerprint density at radius 3 is 2.26 bits per heavy atom. The molecular formula is C16H17ClN4O2. The summed E-state index contributed by atoms with van der Waals surface area (Å²) in [7, 11) is 0. The van der Waals surface area contributed by atoms with Crippen LogP contribution in [0, 0.1) is 6.92 Å². The number of nitrogens with two attached hydrogens (primary N) is 1. The van der Waals surface area contributed by atoms with Crippen LogP contribution in [0.15, 0.2) is 42.5 Å². The summed E-state index contributed by atoms with van der Waals surface area (Å²) in [6.45, 7) is 1.75. The van der Waals surface area contributed by atoms with Crippen LogP contribution in [-0.4, -0.2) is 18.5 Å². The average Bonchev–Trinajstić information content (AvgIpc) is 2.52. The van der Waals surface area contributed by atoms with Gasteiger partial charge in [-0.05, 0) is 55.0 Å². The molecule has 0 fully saturated rings. The molecule has 0 saturated heterocycles. The minimum absolute atomic E-state index is 0.0808. The second-order valence-electron chi connectivity index (χ2n) is 4.87. The minimum Gasteiger partial charge on any atom is -0.325 e. The summed E-state index contributed by atoms with van der Waals surface area (Å²) in [5, 5.41) is 8.71. The number of carbonyl (C=O) groups is 2. The van der Waals surface area contributed by atoms with Crippen molar-refractivity contribution in [2.24, 2.45) is 5.73 Å². The van der Waals surface area contributed by atoms with Crippen molar-refractivity contribution in [1.82, 2.24) is 0 Å². The molecule has 0 aliphatic rings. The molecule has 2 aromatic rings. The van der Waals surface area contributed by atoms with E-state index in [4.69, 9.17) is 17.3 Å². The summed E-state index contributed by atoms with van der Waals surface area (Å²) in [4.78, 5) is 23.2. The highest BCUT2D eigenvalue weighted by Gasteiger charge is 2.07. The second-order valence-corrected chi connectivity index (χ2v) is 5.30. The maximum absolute atomic E-state index is 12.0. The first-order valence-electron chi connectivity index (χ1n) is 6.92. The van der Waals surface area contributed by atoms with E-state index in [1.807, 2.05) is 6.92 Å². The van der Waals surface area contributed by atoms with E-state index in [9.17, 15) is 9.59 Å². The molecule has 0 atom stereocenters. The molecule has 120 valence electrons. The number of carbonyl (C=O) groups excluding carboxylic acids is 2. The topological polar surface area (TPSA) is 96.2 Å². The lowest BCUT2D eigenvalue weighted by atomic mass is 10.1. The lowest BCUT2D eigenvalue weighted by Crippen LogP contribution is -2.22. The number of anilines is 3. The van der Waals surface area contributed by atoms with Crippen LogP contribution in [0.4, 0.5) is 21.9 Å².